The molecular weight excluding hydrogens is 386 g/mol. The summed E-state index contributed by atoms with van der Waals surface area (Å²) in [6, 6.07) is 13.7. The first kappa shape index (κ1) is 20.6. The highest BCUT2D eigenvalue weighted by atomic mass is 16.5. The maximum atomic E-state index is 12.5. The molecule has 0 heterocycles. The van der Waals surface area contributed by atoms with E-state index >= 15 is 0 Å². The van der Waals surface area contributed by atoms with Gasteiger partial charge in [0.15, 0.2) is 5.57 Å². The Hall–Kier alpha value is -4.18. The molecule has 0 bridgehead atoms. The van der Waals surface area contributed by atoms with Crippen molar-refractivity contribution in [1.29, 1.82) is 0 Å². The van der Waals surface area contributed by atoms with Gasteiger partial charge in [0.25, 0.3) is 5.70 Å². The second-order valence-electron chi connectivity index (χ2n) is 6.15. The molecule has 0 amide bonds. The zero-order valence-electron chi connectivity index (χ0n) is 16.5. The van der Waals surface area contributed by atoms with Gasteiger partial charge < -0.3 is 14.2 Å². The van der Waals surface area contributed by atoms with Crippen LogP contribution in [0.3, 0.4) is 0 Å². The third-order valence-electron chi connectivity index (χ3n) is 4.69. The van der Waals surface area contributed by atoms with E-state index in [4.69, 9.17) is 20.8 Å². The van der Waals surface area contributed by atoms with Crippen LogP contribution >= 0.6 is 0 Å². The molecule has 3 rings (SSSR count). The number of ether oxygens (including phenoxy) is 3. The van der Waals surface area contributed by atoms with Gasteiger partial charge >= 0.3 is 17.9 Å². The summed E-state index contributed by atoms with van der Waals surface area (Å²) >= 11 is 0. The molecule has 30 heavy (non-hydrogen) atoms. The lowest BCUT2D eigenvalue weighted by Gasteiger charge is -2.12. The summed E-state index contributed by atoms with van der Waals surface area (Å²) in [7, 11) is 3.55. The van der Waals surface area contributed by atoms with Gasteiger partial charge in [0.1, 0.15) is 0 Å². The van der Waals surface area contributed by atoms with Gasteiger partial charge in [-0.1, -0.05) is 48.5 Å². The molecular formula is C23H17NO6. The van der Waals surface area contributed by atoms with Gasteiger partial charge in [-0.15, -0.1) is 0 Å². The standard InChI is InChI=1S/C23H17NO6/c1-24-20(23(27)30-4)18-15-11-7-5-9-13(15)17(14-10-6-8-12-16(14)18)19(21(25)28-2)22(26)29-3/h5-12H,2-4H3. The van der Waals surface area contributed by atoms with Gasteiger partial charge in [0.2, 0.25) is 0 Å². The fourth-order valence-electron chi connectivity index (χ4n) is 3.44. The van der Waals surface area contributed by atoms with Crippen molar-refractivity contribution in [2.75, 3.05) is 21.3 Å². The number of fused-ring (bicyclic) bond motifs is 2. The summed E-state index contributed by atoms with van der Waals surface area (Å²) < 4.78 is 14.5. The van der Waals surface area contributed by atoms with Crippen LogP contribution in [-0.2, 0) is 28.6 Å². The van der Waals surface area contributed by atoms with Crippen LogP contribution in [0.1, 0.15) is 0 Å². The van der Waals surface area contributed by atoms with Gasteiger partial charge in [-0.2, -0.15) is 0 Å². The van der Waals surface area contributed by atoms with Crippen molar-refractivity contribution in [3.8, 4) is 0 Å². The minimum atomic E-state index is -0.854. The number of methoxy groups -OCH3 is 3. The van der Waals surface area contributed by atoms with Crippen LogP contribution in [0.5, 0.6) is 0 Å². The van der Waals surface area contributed by atoms with E-state index in [1.54, 1.807) is 48.5 Å². The largest absolute Gasteiger partial charge is 0.474 e. The average molecular weight is 403 g/mol. The van der Waals surface area contributed by atoms with Crippen LogP contribution in [0, 0.1) is 6.57 Å². The van der Waals surface area contributed by atoms with E-state index in [0.717, 1.165) is 0 Å². The predicted octanol–water partition coefficient (Wildman–Crippen LogP) is 1.69. The Morgan fingerprint density at radius 1 is 0.667 bits per heavy atom. The summed E-state index contributed by atoms with van der Waals surface area (Å²) in [5.74, 6) is -2.49. The number of esters is 3. The van der Waals surface area contributed by atoms with Gasteiger partial charge in [-0.25, -0.2) is 14.4 Å². The minimum Gasteiger partial charge on any atom is -0.474 e. The first-order valence-corrected chi connectivity index (χ1v) is 8.80. The molecule has 7 nitrogen and oxygen atoms in total. The van der Waals surface area contributed by atoms with Crippen molar-refractivity contribution >= 4 is 50.7 Å². The first-order chi connectivity index (χ1) is 14.5. The van der Waals surface area contributed by atoms with E-state index in [-0.39, 0.29) is 11.3 Å². The highest BCUT2D eigenvalue weighted by molar-refractivity contribution is 6.38. The molecule has 0 N–H and O–H groups in total. The molecule has 3 aromatic carbocycles. The van der Waals surface area contributed by atoms with E-state index in [0.29, 0.717) is 32.0 Å². The van der Waals surface area contributed by atoms with Crippen molar-refractivity contribution in [2.45, 2.75) is 0 Å². The molecule has 0 unspecified atom stereocenters. The number of hydrogen-bond donors (Lipinski definition) is 0. The van der Waals surface area contributed by atoms with Gasteiger partial charge in [0.05, 0.1) is 27.9 Å². The van der Waals surface area contributed by atoms with Crippen molar-refractivity contribution in [3.05, 3.63) is 70.4 Å². The van der Waals surface area contributed by atoms with Gasteiger partial charge in [-0.05, 0) is 21.5 Å². The lowest BCUT2D eigenvalue weighted by molar-refractivity contribution is -0.140. The average Bonchev–Trinajstić information content (AvgIpc) is 2.79. The van der Waals surface area contributed by atoms with Crippen LogP contribution in [0.4, 0.5) is 0 Å². The lowest BCUT2D eigenvalue weighted by Crippen LogP contribution is -2.27. The Morgan fingerprint density at radius 3 is 1.37 bits per heavy atom. The third-order valence-corrected chi connectivity index (χ3v) is 4.69. The number of carbonyl (C=O) groups excluding carboxylic acids is 3. The topological polar surface area (TPSA) is 83.3 Å². The van der Waals surface area contributed by atoms with Crippen LogP contribution < -0.4 is 10.4 Å². The lowest BCUT2D eigenvalue weighted by atomic mass is 9.94. The summed E-state index contributed by atoms with van der Waals surface area (Å²) in [4.78, 5) is 40.8. The molecule has 0 radical (unpaired) electrons. The Labute approximate surface area is 171 Å². The molecule has 0 aromatic heterocycles. The highest BCUT2D eigenvalue weighted by Gasteiger charge is 2.24. The molecule has 7 heteroatoms. The molecule has 3 aromatic rings. The third kappa shape index (κ3) is 3.25. The molecule has 150 valence electrons. The van der Waals surface area contributed by atoms with Gasteiger partial charge in [0, 0.05) is 10.4 Å². The summed E-state index contributed by atoms with van der Waals surface area (Å²) in [5, 5.41) is 2.66. The van der Waals surface area contributed by atoms with E-state index in [1.807, 2.05) is 0 Å². The second-order valence-corrected chi connectivity index (χ2v) is 6.15. The summed E-state index contributed by atoms with van der Waals surface area (Å²) in [5.41, 5.74) is -0.476. The molecule has 0 spiro atoms. The predicted molar refractivity (Wildman–Crippen MR) is 110 cm³/mol. The maximum Gasteiger partial charge on any atom is 0.345 e. The zero-order valence-corrected chi connectivity index (χ0v) is 16.5. The smallest absolute Gasteiger partial charge is 0.345 e. The maximum absolute atomic E-state index is 12.5. The molecule has 0 aliphatic carbocycles. The Balaban J connectivity index is 2.85. The quantitative estimate of drug-likeness (QED) is 0.218. The highest BCUT2D eigenvalue weighted by Crippen LogP contribution is 2.18. The van der Waals surface area contributed by atoms with Gasteiger partial charge in [-0.3, -0.25) is 4.79 Å². The summed E-state index contributed by atoms with van der Waals surface area (Å²) in [6.07, 6.45) is 0. The molecule has 0 fully saturated rings. The molecule has 0 saturated carbocycles. The van der Waals surface area contributed by atoms with Crippen LogP contribution in [-0.4, -0.2) is 39.2 Å². The van der Waals surface area contributed by atoms with Crippen molar-refractivity contribution < 1.29 is 28.6 Å². The van der Waals surface area contributed by atoms with E-state index in [2.05, 4.69) is 4.85 Å². The molecule has 0 saturated heterocycles. The fourth-order valence-corrected chi connectivity index (χ4v) is 3.44. The normalized spacial score (nSPS) is 10.2. The number of rotatable bonds is 3. The fraction of sp³-hybridized carbons (Fsp3) is 0.130. The molecule has 0 aliphatic rings. The van der Waals surface area contributed by atoms with E-state index < -0.39 is 17.9 Å². The van der Waals surface area contributed by atoms with E-state index in [1.165, 1.54) is 21.3 Å². The summed E-state index contributed by atoms with van der Waals surface area (Å²) in [6.45, 7) is 7.55. The van der Waals surface area contributed by atoms with E-state index in [9.17, 15) is 14.4 Å². The first-order valence-electron chi connectivity index (χ1n) is 8.80. The minimum absolute atomic E-state index is 0.200. The molecule has 0 atom stereocenters. The second kappa shape index (κ2) is 8.45. The van der Waals surface area contributed by atoms with Crippen LogP contribution in [0.2, 0.25) is 0 Å². The SMILES string of the molecule is [C-]#[N+]C(C(=O)OC)=c1c2ccccc2c(=C(C(=O)OC)C(=O)OC)c2ccccc12. The Kier molecular flexibility index (Phi) is 5.79. The van der Waals surface area contributed by atoms with Crippen LogP contribution in [0.25, 0.3) is 37.7 Å². The van der Waals surface area contributed by atoms with Crippen LogP contribution in [0.15, 0.2) is 48.5 Å². The van der Waals surface area contributed by atoms with Crippen molar-refractivity contribution in [3.63, 3.8) is 0 Å². The Morgan fingerprint density at radius 2 is 1.03 bits per heavy atom. The number of benzene rings is 3. The monoisotopic (exact) mass is 403 g/mol. The number of hydrogen-bond acceptors (Lipinski definition) is 6. The number of nitrogens with zero attached hydrogens (tertiary/aromatic N) is 1. The van der Waals surface area contributed by atoms with Crippen molar-refractivity contribution in [1.82, 2.24) is 0 Å². The molecule has 0 aliphatic heterocycles. The van der Waals surface area contributed by atoms with Crippen molar-refractivity contribution in [2.24, 2.45) is 0 Å². The number of carbonyl (C=O) groups is 3. The Bertz CT molecular complexity index is 1280. The zero-order chi connectivity index (χ0) is 21.8.